The first kappa shape index (κ1) is 21.4. The molecule has 0 aliphatic heterocycles. The van der Waals surface area contributed by atoms with Gasteiger partial charge in [0.2, 0.25) is 5.91 Å². The van der Waals surface area contributed by atoms with Crippen LogP contribution in [0.4, 0.5) is 4.79 Å². The number of amides is 3. The normalized spacial score (nSPS) is 11.7. The molecule has 3 N–H and O–H groups in total. The number of imide groups is 1. The number of rotatable bonds is 8. The Bertz CT molecular complexity index is 1010. The number of urea groups is 1. The van der Waals surface area contributed by atoms with E-state index >= 15 is 0 Å². The summed E-state index contributed by atoms with van der Waals surface area (Å²) in [5, 5.41) is 10.7. The Labute approximate surface area is 178 Å². The summed E-state index contributed by atoms with van der Waals surface area (Å²) in [5.41, 5.74) is 6.99. The SMILES string of the molecule is CCOc1ccc(-n2c(Cc3ccccc3)nnc2SC(C)C(=O)NC(N)=O)cc1. The summed E-state index contributed by atoms with van der Waals surface area (Å²) in [6.07, 6.45) is 0.573. The Morgan fingerprint density at radius 3 is 2.47 bits per heavy atom. The molecule has 3 aromatic rings. The van der Waals surface area contributed by atoms with Crippen molar-refractivity contribution in [2.45, 2.75) is 30.7 Å². The molecule has 1 atom stereocenters. The number of primary amides is 1. The third-order valence-electron chi connectivity index (χ3n) is 4.21. The smallest absolute Gasteiger partial charge is 0.318 e. The molecule has 1 unspecified atom stereocenters. The van der Waals surface area contributed by atoms with Crippen LogP contribution in [0.5, 0.6) is 5.75 Å². The third-order valence-corrected chi connectivity index (χ3v) is 5.25. The van der Waals surface area contributed by atoms with Crippen molar-refractivity contribution in [3.05, 3.63) is 66.0 Å². The third kappa shape index (κ3) is 5.38. The first-order valence-corrected chi connectivity index (χ1v) is 10.3. The first-order valence-electron chi connectivity index (χ1n) is 9.46. The maximum absolute atomic E-state index is 12.1. The van der Waals surface area contributed by atoms with Gasteiger partial charge in [-0.3, -0.25) is 14.7 Å². The van der Waals surface area contributed by atoms with Crippen LogP contribution in [0.3, 0.4) is 0 Å². The maximum Gasteiger partial charge on any atom is 0.318 e. The van der Waals surface area contributed by atoms with Gasteiger partial charge in [-0.25, -0.2) is 4.79 Å². The van der Waals surface area contributed by atoms with Gasteiger partial charge in [-0.05, 0) is 43.7 Å². The molecule has 1 heterocycles. The molecule has 1 aromatic heterocycles. The maximum atomic E-state index is 12.1. The highest BCUT2D eigenvalue weighted by Gasteiger charge is 2.22. The number of thioether (sulfide) groups is 1. The van der Waals surface area contributed by atoms with Crippen LogP contribution in [0.15, 0.2) is 59.8 Å². The summed E-state index contributed by atoms with van der Waals surface area (Å²) in [6, 6.07) is 16.6. The van der Waals surface area contributed by atoms with E-state index in [4.69, 9.17) is 10.5 Å². The number of carbonyl (C=O) groups is 2. The molecule has 0 aliphatic carbocycles. The van der Waals surface area contributed by atoms with Crippen LogP contribution in [0.25, 0.3) is 5.69 Å². The minimum absolute atomic E-state index is 0.488. The second-order valence-electron chi connectivity index (χ2n) is 6.44. The van der Waals surface area contributed by atoms with Gasteiger partial charge < -0.3 is 10.5 Å². The van der Waals surface area contributed by atoms with Gasteiger partial charge in [0.05, 0.1) is 11.9 Å². The van der Waals surface area contributed by atoms with Crippen molar-refractivity contribution in [2.75, 3.05) is 6.61 Å². The summed E-state index contributed by atoms with van der Waals surface area (Å²) in [4.78, 5) is 23.1. The molecule has 3 amide bonds. The van der Waals surface area contributed by atoms with Crippen LogP contribution < -0.4 is 15.8 Å². The van der Waals surface area contributed by atoms with Crippen LogP contribution in [0.1, 0.15) is 25.2 Å². The van der Waals surface area contributed by atoms with E-state index in [9.17, 15) is 9.59 Å². The lowest BCUT2D eigenvalue weighted by atomic mass is 10.1. The van der Waals surface area contributed by atoms with E-state index in [1.165, 1.54) is 11.8 Å². The number of ether oxygens (including phenoxy) is 1. The number of aromatic nitrogens is 3. The molecule has 0 fully saturated rings. The Morgan fingerprint density at radius 1 is 1.13 bits per heavy atom. The molecule has 8 nitrogen and oxygen atoms in total. The Morgan fingerprint density at radius 2 is 1.83 bits per heavy atom. The van der Waals surface area contributed by atoms with Crippen molar-refractivity contribution in [2.24, 2.45) is 5.73 Å². The fraction of sp³-hybridized carbons (Fsp3) is 0.238. The van der Waals surface area contributed by atoms with Gasteiger partial charge in [-0.2, -0.15) is 0 Å². The Balaban J connectivity index is 1.93. The number of nitrogens with two attached hydrogens (primary N) is 1. The number of hydrogen-bond donors (Lipinski definition) is 2. The number of nitrogens with one attached hydrogen (secondary N) is 1. The summed E-state index contributed by atoms with van der Waals surface area (Å²) in [6.45, 7) is 4.19. The van der Waals surface area contributed by atoms with Gasteiger partial charge >= 0.3 is 6.03 Å². The largest absolute Gasteiger partial charge is 0.494 e. The second kappa shape index (κ2) is 9.93. The molecular formula is C21H23N5O3S. The topological polar surface area (TPSA) is 112 Å². The average Bonchev–Trinajstić information content (AvgIpc) is 3.11. The highest BCUT2D eigenvalue weighted by atomic mass is 32.2. The van der Waals surface area contributed by atoms with Gasteiger partial charge in [-0.1, -0.05) is 42.1 Å². The lowest BCUT2D eigenvalue weighted by Crippen LogP contribution is -2.39. The molecule has 0 radical (unpaired) electrons. The zero-order valence-corrected chi connectivity index (χ0v) is 17.6. The molecule has 0 aliphatic rings. The molecule has 3 rings (SSSR count). The highest BCUT2D eigenvalue weighted by Crippen LogP contribution is 2.27. The average molecular weight is 426 g/mol. The van der Waals surface area contributed by atoms with Gasteiger partial charge in [0, 0.05) is 12.1 Å². The number of benzene rings is 2. The van der Waals surface area contributed by atoms with Crippen molar-refractivity contribution < 1.29 is 14.3 Å². The van der Waals surface area contributed by atoms with Crippen LogP contribution in [0.2, 0.25) is 0 Å². The van der Waals surface area contributed by atoms with Crippen LogP contribution >= 0.6 is 11.8 Å². The number of hydrogen-bond acceptors (Lipinski definition) is 6. The van der Waals surface area contributed by atoms with E-state index < -0.39 is 17.2 Å². The van der Waals surface area contributed by atoms with Crippen LogP contribution in [-0.4, -0.2) is 38.6 Å². The fourth-order valence-electron chi connectivity index (χ4n) is 2.82. The monoisotopic (exact) mass is 425 g/mol. The Kier molecular flexibility index (Phi) is 7.08. The standard InChI is InChI=1S/C21H23N5O3S/c1-3-29-17-11-9-16(10-12-17)26-18(13-15-7-5-4-6-8-15)24-25-21(26)30-14(2)19(27)23-20(22)28/h4-12,14H,3,13H2,1-2H3,(H3,22,23,27,28). The molecule has 30 heavy (non-hydrogen) atoms. The van der Waals surface area contributed by atoms with Gasteiger partial charge in [0.1, 0.15) is 11.6 Å². The molecule has 9 heteroatoms. The Hall–Kier alpha value is -3.33. The highest BCUT2D eigenvalue weighted by molar-refractivity contribution is 8.00. The lowest BCUT2D eigenvalue weighted by molar-refractivity contribution is -0.119. The van der Waals surface area contributed by atoms with Crippen molar-refractivity contribution in [3.8, 4) is 11.4 Å². The molecular weight excluding hydrogens is 402 g/mol. The van der Waals surface area contributed by atoms with E-state index in [0.717, 1.165) is 22.8 Å². The second-order valence-corrected chi connectivity index (χ2v) is 7.75. The minimum atomic E-state index is -0.884. The predicted molar refractivity (Wildman–Crippen MR) is 115 cm³/mol. The first-order chi connectivity index (χ1) is 14.5. The van der Waals surface area contributed by atoms with Crippen LogP contribution in [0, 0.1) is 0 Å². The van der Waals surface area contributed by atoms with Crippen molar-refractivity contribution >= 4 is 23.7 Å². The predicted octanol–water partition coefficient (Wildman–Crippen LogP) is 2.93. The van der Waals surface area contributed by atoms with E-state index in [1.807, 2.05) is 66.1 Å². The van der Waals surface area contributed by atoms with E-state index in [0.29, 0.717) is 18.2 Å². The molecule has 156 valence electrons. The molecule has 2 aromatic carbocycles. The van der Waals surface area contributed by atoms with Crippen molar-refractivity contribution in [3.63, 3.8) is 0 Å². The summed E-state index contributed by atoms with van der Waals surface area (Å²) < 4.78 is 7.43. The lowest BCUT2D eigenvalue weighted by Gasteiger charge is -2.14. The van der Waals surface area contributed by atoms with Gasteiger partial charge in [-0.15, -0.1) is 10.2 Å². The summed E-state index contributed by atoms with van der Waals surface area (Å²) in [5.74, 6) is 1.01. The molecule has 0 bridgehead atoms. The molecule has 0 saturated carbocycles. The van der Waals surface area contributed by atoms with Gasteiger partial charge in [0.15, 0.2) is 5.16 Å². The quantitative estimate of drug-likeness (QED) is 0.537. The number of nitrogens with zero attached hydrogens (tertiary/aromatic N) is 3. The molecule has 0 saturated heterocycles. The minimum Gasteiger partial charge on any atom is -0.494 e. The fourth-order valence-corrected chi connectivity index (χ4v) is 3.71. The van der Waals surface area contributed by atoms with E-state index in [2.05, 4.69) is 15.5 Å². The summed E-state index contributed by atoms with van der Waals surface area (Å²) in [7, 11) is 0. The van der Waals surface area contributed by atoms with Gasteiger partial charge in [0.25, 0.3) is 0 Å². The number of carbonyl (C=O) groups excluding carboxylic acids is 2. The van der Waals surface area contributed by atoms with Crippen molar-refractivity contribution in [1.29, 1.82) is 0 Å². The summed E-state index contributed by atoms with van der Waals surface area (Å²) >= 11 is 1.20. The zero-order chi connectivity index (χ0) is 21.5. The van der Waals surface area contributed by atoms with E-state index in [-0.39, 0.29) is 0 Å². The van der Waals surface area contributed by atoms with E-state index in [1.54, 1.807) is 6.92 Å². The zero-order valence-electron chi connectivity index (χ0n) is 16.7. The van der Waals surface area contributed by atoms with Crippen LogP contribution in [-0.2, 0) is 11.2 Å². The van der Waals surface area contributed by atoms with Crippen molar-refractivity contribution in [1.82, 2.24) is 20.1 Å². The molecule has 0 spiro atoms.